The summed E-state index contributed by atoms with van der Waals surface area (Å²) < 4.78 is 0. The van der Waals surface area contributed by atoms with Crippen molar-refractivity contribution in [2.24, 2.45) is 5.73 Å². The van der Waals surface area contributed by atoms with Crippen LogP contribution in [0, 0.1) is 0 Å². The van der Waals surface area contributed by atoms with Crippen LogP contribution in [0.4, 0.5) is 0 Å². The van der Waals surface area contributed by atoms with Crippen molar-refractivity contribution < 1.29 is 9.59 Å². The molecule has 98 valence electrons. The quantitative estimate of drug-likeness (QED) is 0.806. The lowest BCUT2D eigenvalue weighted by atomic mass is 10.3. The molecular weight excluding hydrogens is 252 g/mol. The first-order valence-corrected chi connectivity index (χ1v) is 6.67. The van der Waals surface area contributed by atoms with E-state index < -0.39 is 0 Å². The van der Waals surface area contributed by atoms with Crippen LogP contribution in [0.5, 0.6) is 0 Å². The number of hydrogen-bond acceptors (Lipinski definition) is 5. The molecule has 1 aliphatic rings. The monoisotopic (exact) mass is 268 g/mol. The average molecular weight is 268 g/mol. The molecule has 1 fully saturated rings. The lowest BCUT2D eigenvalue weighted by Crippen LogP contribution is -2.50. The second kappa shape index (κ2) is 5.45. The Morgan fingerprint density at radius 2 is 2.33 bits per heavy atom. The lowest BCUT2D eigenvalue weighted by molar-refractivity contribution is -0.133. The van der Waals surface area contributed by atoms with E-state index in [2.05, 4.69) is 4.98 Å². The van der Waals surface area contributed by atoms with Crippen LogP contribution < -0.4 is 5.73 Å². The van der Waals surface area contributed by atoms with Crippen molar-refractivity contribution in [3.05, 3.63) is 16.1 Å². The van der Waals surface area contributed by atoms with E-state index in [0.29, 0.717) is 31.7 Å². The molecule has 2 amide bonds. The zero-order valence-corrected chi connectivity index (χ0v) is 11.1. The van der Waals surface area contributed by atoms with Crippen molar-refractivity contribution in [3.63, 3.8) is 0 Å². The highest BCUT2D eigenvalue weighted by Gasteiger charge is 2.26. The molecule has 1 aliphatic heterocycles. The number of hydrogen-bond donors (Lipinski definition) is 1. The second-order valence-corrected chi connectivity index (χ2v) is 5.15. The first-order valence-electron chi connectivity index (χ1n) is 5.79. The molecular formula is C11H16N4O2S. The number of amides is 2. The van der Waals surface area contributed by atoms with E-state index >= 15 is 0 Å². The molecule has 7 heteroatoms. The Bertz CT molecular complexity index is 460. The summed E-state index contributed by atoms with van der Waals surface area (Å²) in [5, 5.41) is 2.59. The Hall–Kier alpha value is -1.47. The van der Waals surface area contributed by atoms with Crippen molar-refractivity contribution in [1.82, 2.24) is 14.8 Å². The fourth-order valence-electron chi connectivity index (χ4n) is 1.74. The van der Waals surface area contributed by atoms with E-state index in [1.54, 1.807) is 22.2 Å². The van der Waals surface area contributed by atoms with Gasteiger partial charge in [-0.1, -0.05) is 0 Å². The van der Waals surface area contributed by atoms with Crippen molar-refractivity contribution in [1.29, 1.82) is 0 Å². The van der Waals surface area contributed by atoms with E-state index in [0.717, 1.165) is 5.01 Å². The Kier molecular flexibility index (Phi) is 3.93. The van der Waals surface area contributed by atoms with Gasteiger partial charge in [0.05, 0.1) is 5.01 Å². The Morgan fingerprint density at radius 1 is 1.56 bits per heavy atom. The van der Waals surface area contributed by atoms with Gasteiger partial charge in [-0.05, 0) is 6.54 Å². The van der Waals surface area contributed by atoms with Crippen molar-refractivity contribution in [2.75, 3.05) is 33.2 Å². The molecule has 2 N–H and O–H groups in total. The number of nitrogens with two attached hydrogens (primary N) is 1. The van der Waals surface area contributed by atoms with Crippen LogP contribution in [0.25, 0.3) is 0 Å². The van der Waals surface area contributed by atoms with Gasteiger partial charge in [0.2, 0.25) is 5.91 Å². The molecule has 0 saturated carbocycles. The summed E-state index contributed by atoms with van der Waals surface area (Å²) >= 11 is 1.43. The van der Waals surface area contributed by atoms with Gasteiger partial charge in [0.15, 0.2) is 0 Å². The van der Waals surface area contributed by atoms with Crippen LogP contribution in [-0.2, 0) is 11.2 Å². The van der Waals surface area contributed by atoms with Crippen LogP contribution in [0.1, 0.15) is 15.5 Å². The molecule has 0 aliphatic carbocycles. The first-order chi connectivity index (χ1) is 8.61. The van der Waals surface area contributed by atoms with E-state index in [9.17, 15) is 9.59 Å². The standard InChI is InChI=1S/C11H16N4O2S/c1-14-4-5-15(6-10(14)16)11(17)8-7-18-9(13-8)2-3-12/h7H,2-6,12H2,1H3. The van der Waals surface area contributed by atoms with Gasteiger partial charge >= 0.3 is 0 Å². The summed E-state index contributed by atoms with van der Waals surface area (Å²) in [5.74, 6) is -0.206. The van der Waals surface area contributed by atoms with Crippen LogP contribution in [0.3, 0.4) is 0 Å². The minimum absolute atomic E-state index is 0.0352. The third-order valence-corrected chi connectivity index (χ3v) is 3.78. The normalized spacial score (nSPS) is 16.2. The minimum atomic E-state index is -0.170. The molecule has 0 atom stereocenters. The largest absolute Gasteiger partial charge is 0.342 e. The molecule has 0 aromatic carbocycles. The van der Waals surface area contributed by atoms with E-state index in [1.807, 2.05) is 0 Å². The Labute approximate surface area is 109 Å². The van der Waals surface area contributed by atoms with Crippen LogP contribution in [0.2, 0.25) is 0 Å². The van der Waals surface area contributed by atoms with Crippen LogP contribution in [-0.4, -0.2) is 59.8 Å². The van der Waals surface area contributed by atoms with E-state index in [-0.39, 0.29) is 18.4 Å². The number of nitrogens with zero attached hydrogens (tertiary/aromatic N) is 3. The first kappa shape index (κ1) is 13.0. The Morgan fingerprint density at radius 3 is 3.00 bits per heavy atom. The average Bonchev–Trinajstić information content (AvgIpc) is 2.81. The molecule has 0 unspecified atom stereocenters. The van der Waals surface area contributed by atoms with Gasteiger partial charge in [0, 0.05) is 31.9 Å². The molecule has 1 aromatic rings. The summed E-state index contributed by atoms with van der Waals surface area (Å²) in [6.45, 7) is 1.79. The SMILES string of the molecule is CN1CCN(C(=O)c2csc(CCN)n2)CC1=O. The highest BCUT2D eigenvalue weighted by Crippen LogP contribution is 2.13. The van der Waals surface area contributed by atoms with Gasteiger partial charge in [0.1, 0.15) is 12.2 Å². The maximum absolute atomic E-state index is 12.1. The number of rotatable bonds is 3. The van der Waals surface area contributed by atoms with Crippen LogP contribution >= 0.6 is 11.3 Å². The van der Waals surface area contributed by atoms with E-state index in [1.165, 1.54) is 11.3 Å². The molecule has 2 heterocycles. The number of piperazine rings is 1. The smallest absolute Gasteiger partial charge is 0.273 e. The number of aromatic nitrogens is 1. The summed E-state index contributed by atoms with van der Waals surface area (Å²) in [6, 6.07) is 0. The fourth-order valence-corrected chi connectivity index (χ4v) is 2.53. The number of carbonyl (C=O) groups excluding carboxylic acids is 2. The number of carbonyl (C=O) groups is 2. The van der Waals surface area contributed by atoms with Gasteiger partial charge in [-0.25, -0.2) is 4.98 Å². The van der Waals surface area contributed by atoms with Gasteiger partial charge in [-0.2, -0.15) is 0 Å². The molecule has 0 radical (unpaired) electrons. The van der Waals surface area contributed by atoms with Crippen LogP contribution in [0.15, 0.2) is 5.38 Å². The molecule has 2 rings (SSSR count). The molecule has 1 aromatic heterocycles. The van der Waals surface area contributed by atoms with Crippen molar-refractivity contribution in [2.45, 2.75) is 6.42 Å². The summed E-state index contributed by atoms with van der Waals surface area (Å²) in [6.07, 6.45) is 0.680. The maximum Gasteiger partial charge on any atom is 0.273 e. The predicted octanol–water partition coefficient (Wildman–Crippen LogP) is -0.442. The Balaban J connectivity index is 2.04. The predicted molar refractivity (Wildman–Crippen MR) is 68.4 cm³/mol. The third-order valence-electron chi connectivity index (χ3n) is 2.87. The van der Waals surface area contributed by atoms with Gasteiger partial charge < -0.3 is 15.5 Å². The topological polar surface area (TPSA) is 79.5 Å². The zero-order valence-electron chi connectivity index (χ0n) is 10.3. The molecule has 18 heavy (non-hydrogen) atoms. The number of likely N-dealkylation sites (N-methyl/N-ethyl adjacent to an activating group) is 1. The van der Waals surface area contributed by atoms with Crippen molar-refractivity contribution in [3.8, 4) is 0 Å². The number of thiazole rings is 1. The summed E-state index contributed by atoms with van der Waals surface area (Å²) in [7, 11) is 1.74. The van der Waals surface area contributed by atoms with Crippen molar-refractivity contribution >= 4 is 23.2 Å². The zero-order chi connectivity index (χ0) is 13.1. The minimum Gasteiger partial charge on any atom is -0.342 e. The molecule has 0 bridgehead atoms. The summed E-state index contributed by atoms with van der Waals surface area (Å²) in [5.41, 5.74) is 5.86. The van der Waals surface area contributed by atoms with E-state index in [4.69, 9.17) is 5.73 Å². The maximum atomic E-state index is 12.1. The fraction of sp³-hybridized carbons (Fsp3) is 0.545. The highest BCUT2D eigenvalue weighted by atomic mass is 32.1. The third kappa shape index (κ3) is 2.68. The van der Waals surface area contributed by atoms with Gasteiger partial charge in [0.25, 0.3) is 5.91 Å². The molecule has 1 saturated heterocycles. The van der Waals surface area contributed by atoms with Gasteiger partial charge in [-0.3, -0.25) is 9.59 Å². The lowest BCUT2D eigenvalue weighted by Gasteiger charge is -2.31. The molecule has 0 spiro atoms. The molecule has 6 nitrogen and oxygen atoms in total. The summed E-state index contributed by atoms with van der Waals surface area (Å²) in [4.78, 5) is 31.1. The van der Waals surface area contributed by atoms with Gasteiger partial charge in [-0.15, -0.1) is 11.3 Å². The highest BCUT2D eigenvalue weighted by molar-refractivity contribution is 7.09. The second-order valence-electron chi connectivity index (χ2n) is 4.21.